The van der Waals surface area contributed by atoms with E-state index in [1.165, 1.54) is 26.4 Å². The minimum Gasteiger partial charge on any atom is -0.493 e. The summed E-state index contributed by atoms with van der Waals surface area (Å²) in [6, 6.07) is 2.69. The number of nitrogens with one attached hydrogen (secondary N) is 1. The third-order valence-corrected chi connectivity index (χ3v) is 5.01. The Kier molecular flexibility index (Phi) is 5.53. The number of benzene rings is 1. The number of aromatic carboxylic acids is 1. The molecule has 1 heterocycles. The molecule has 1 aromatic rings. The maximum atomic E-state index is 12.8. The summed E-state index contributed by atoms with van der Waals surface area (Å²) >= 11 is 0. The van der Waals surface area contributed by atoms with Crippen molar-refractivity contribution in [1.29, 1.82) is 0 Å². The van der Waals surface area contributed by atoms with E-state index >= 15 is 0 Å². The van der Waals surface area contributed by atoms with Gasteiger partial charge in [0.1, 0.15) is 0 Å². The lowest BCUT2D eigenvalue weighted by molar-refractivity contribution is -0.135. The van der Waals surface area contributed by atoms with E-state index in [0.29, 0.717) is 19.5 Å². The SMILES string of the molecule is COc1cc(C(=O)O)cc(NC(=O)C2CCCN(C(=O)C3CC3)C2)c1OC. The van der Waals surface area contributed by atoms with E-state index in [1.807, 2.05) is 0 Å². The number of hydrogen-bond donors (Lipinski definition) is 2. The fourth-order valence-corrected chi connectivity index (χ4v) is 3.40. The molecule has 8 heteroatoms. The second-order valence-corrected chi connectivity index (χ2v) is 6.95. The van der Waals surface area contributed by atoms with Gasteiger partial charge in [-0.2, -0.15) is 0 Å². The van der Waals surface area contributed by atoms with Crippen molar-refractivity contribution in [3.05, 3.63) is 17.7 Å². The minimum atomic E-state index is -1.13. The molecule has 8 nitrogen and oxygen atoms in total. The van der Waals surface area contributed by atoms with Crippen LogP contribution in [0.5, 0.6) is 11.5 Å². The summed E-state index contributed by atoms with van der Waals surface area (Å²) in [6.07, 6.45) is 3.32. The fourth-order valence-electron chi connectivity index (χ4n) is 3.40. The summed E-state index contributed by atoms with van der Waals surface area (Å²) in [5.74, 6) is -0.982. The van der Waals surface area contributed by atoms with Gasteiger partial charge in [-0.1, -0.05) is 0 Å². The van der Waals surface area contributed by atoms with Crippen molar-refractivity contribution in [3.8, 4) is 11.5 Å². The molecule has 1 aliphatic heterocycles. The number of piperidine rings is 1. The van der Waals surface area contributed by atoms with Gasteiger partial charge in [0.25, 0.3) is 0 Å². The fraction of sp³-hybridized carbons (Fsp3) is 0.526. The van der Waals surface area contributed by atoms with Crippen molar-refractivity contribution >= 4 is 23.5 Å². The number of carbonyl (C=O) groups excluding carboxylic acids is 2. The average molecular weight is 376 g/mol. The third kappa shape index (κ3) is 4.15. The third-order valence-electron chi connectivity index (χ3n) is 5.01. The summed E-state index contributed by atoms with van der Waals surface area (Å²) < 4.78 is 10.5. The molecule has 2 fully saturated rings. The second-order valence-electron chi connectivity index (χ2n) is 6.95. The predicted molar refractivity (Wildman–Crippen MR) is 97.2 cm³/mol. The predicted octanol–water partition coefficient (Wildman–Crippen LogP) is 1.99. The minimum absolute atomic E-state index is 0.0165. The summed E-state index contributed by atoms with van der Waals surface area (Å²) in [5, 5.41) is 12.0. The number of carbonyl (C=O) groups is 3. The van der Waals surface area contributed by atoms with Gasteiger partial charge in [-0.25, -0.2) is 4.79 Å². The number of methoxy groups -OCH3 is 2. The van der Waals surface area contributed by atoms with Crippen LogP contribution >= 0.6 is 0 Å². The lowest BCUT2D eigenvalue weighted by Gasteiger charge is -2.32. The number of ether oxygens (including phenoxy) is 2. The van der Waals surface area contributed by atoms with Crippen molar-refractivity contribution in [3.63, 3.8) is 0 Å². The van der Waals surface area contributed by atoms with Gasteiger partial charge in [-0.05, 0) is 37.8 Å². The molecule has 1 atom stereocenters. The van der Waals surface area contributed by atoms with Crippen molar-refractivity contribution in [2.75, 3.05) is 32.6 Å². The number of anilines is 1. The maximum Gasteiger partial charge on any atom is 0.335 e. The first kappa shape index (κ1) is 19.0. The van der Waals surface area contributed by atoms with Crippen LogP contribution in [0.15, 0.2) is 12.1 Å². The monoisotopic (exact) mass is 376 g/mol. The molecule has 3 rings (SSSR count). The number of rotatable bonds is 6. The van der Waals surface area contributed by atoms with Crippen LogP contribution in [0.3, 0.4) is 0 Å². The summed E-state index contributed by atoms with van der Waals surface area (Å²) in [7, 11) is 2.82. The van der Waals surface area contributed by atoms with Gasteiger partial charge in [-0.3, -0.25) is 9.59 Å². The molecule has 2 amide bonds. The number of nitrogens with zero attached hydrogens (tertiary/aromatic N) is 1. The summed E-state index contributed by atoms with van der Waals surface area (Å²) in [4.78, 5) is 38.2. The van der Waals surface area contributed by atoms with Crippen LogP contribution in [-0.4, -0.2) is 55.1 Å². The molecule has 2 aliphatic rings. The Morgan fingerprint density at radius 1 is 1.11 bits per heavy atom. The number of likely N-dealkylation sites (tertiary alicyclic amines) is 1. The number of hydrogen-bond acceptors (Lipinski definition) is 5. The molecule has 1 saturated heterocycles. The van der Waals surface area contributed by atoms with Crippen LogP contribution in [0, 0.1) is 11.8 Å². The Balaban J connectivity index is 1.77. The van der Waals surface area contributed by atoms with Crippen LogP contribution in [-0.2, 0) is 9.59 Å². The molecule has 146 valence electrons. The van der Waals surface area contributed by atoms with Crippen LogP contribution in [0.4, 0.5) is 5.69 Å². The van der Waals surface area contributed by atoms with E-state index < -0.39 is 5.97 Å². The highest BCUT2D eigenvalue weighted by molar-refractivity contribution is 5.98. The molecule has 0 radical (unpaired) electrons. The molecule has 0 aromatic heterocycles. The highest BCUT2D eigenvalue weighted by Crippen LogP contribution is 2.37. The van der Waals surface area contributed by atoms with E-state index in [0.717, 1.165) is 19.3 Å². The molecular formula is C19H24N2O6. The zero-order valence-corrected chi connectivity index (χ0v) is 15.5. The van der Waals surface area contributed by atoms with Gasteiger partial charge in [0.05, 0.1) is 31.4 Å². The molecule has 1 saturated carbocycles. The highest BCUT2D eigenvalue weighted by Gasteiger charge is 2.37. The first-order chi connectivity index (χ1) is 12.9. The lowest BCUT2D eigenvalue weighted by atomic mass is 9.96. The quantitative estimate of drug-likeness (QED) is 0.787. The zero-order chi connectivity index (χ0) is 19.6. The van der Waals surface area contributed by atoms with Crippen molar-refractivity contribution in [1.82, 2.24) is 4.90 Å². The standard InChI is InChI=1S/C19H24N2O6/c1-26-15-9-13(19(24)25)8-14(16(15)27-2)20-17(22)12-4-3-7-21(10-12)18(23)11-5-6-11/h8-9,11-12H,3-7,10H2,1-2H3,(H,20,22)(H,24,25). The first-order valence-electron chi connectivity index (χ1n) is 9.03. The molecule has 27 heavy (non-hydrogen) atoms. The van der Waals surface area contributed by atoms with Crippen LogP contribution in [0.25, 0.3) is 0 Å². The molecule has 1 aliphatic carbocycles. The lowest BCUT2D eigenvalue weighted by Crippen LogP contribution is -2.44. The van der Waals surface area contributed by atoms with Gasteiger partial charge in [0, 0.05) is 19.0 Å². The number of amides is 2. The first-order valence-corrected chi connectivity index (χ1v) is 9.03. The Morgan fingerprint density at radius 2 is 1.85 bits per heavy atom. The van der Waals surface area contributed by atoms with Crippen LogP contribution in [0.2, 0.25) is 0 Å². The smallest absolute Gasteiger partial charge is 0.335 e. The Morgan fingerprint density at radius 3 is 2.44 bits per heavy atom. The molecule has 0 bridgehead atoms. The van der Waals surface area contributed by atoms with E-state index in [1.54, 1.807) is 4.90 Å². The normalized spacial score (nSPS) is 19.3. The summed E-state index contributed by atoms with van der Waals surface area (Å²) in [6.45, 7) is 1.07. The van der Waals surface area contributed by atoms with Crippen molar-refractivity contribution in [2.24, 2.45) is 11.8 Å². The number of carboxylic acids is 1. The van der Waals surface area contributed by atoms with E-state index in [2.05, 4.69) is 5.32 Å². The molecule has 2 N–H and O–H groups in total. The zero-order valence-electron chi connectivity index (χ0n) is 15.5. The van der Waals surface area contributed by atoms with Gasteiger partial charge >= 0.3 is 5.97 Å². The van der Waals surface area contributed by atoms with Crippen molar-refractivity contribution < 1.29 is 29.0 Å². The van der Waals surface area contributed by atoms with Gasteiger partial charge in [0.2, 0.25) is 11.8 Å². The van der Waals surface area contributed by atoms with Crippen molar-refractivity contribution in [2.45, 2.75) is 25.7 Å². The number of carboxylic acid groups (broad SMARTS) is 1. The van der Waals surface area contributed by atoms with Crippen LogP contribution in [0.1, 0.15) is 36.0 Å². The Bertz CT molecular complexity index is 759. The van der Waals surface area contributed by atoms with Gasteiger partial charge in [-0.15, -0.1) is 0 Å². The van der Waals surface area contributed by atoms with E-state index in [4.69, 9.17) is 9.47 Å². The average Bonchev–Trinajstić information content (AvgIpc) is 3.51. The van der Waals surface area contributed by atoms with E-state index in [9.17, 15) is 19.5 Å². The second kappa shape index (κ2) is 7.85. The molecule has 0 spiro atoms. The maximum absolute atomic E-state index is 12.8. The Labute approximate surface area is 157 Å². The molecule has 1 aromatic carbocycles. The van der Waals surface area contributed by atoms with Gasteiger partial charge < -0.3 is 24.8 Å². The van der Waals surface area contributed by atoms with E-state index in [-0.39, 0.29) is 46.4 Å². The molecular weight excluding hydrogens is 352 g/mol. The Hall–Kier alpha value is -2.77. The molecule has 1 unspecified atom stereocenters. The highest BCUT2D eigenvalue weighted by atomic mass is 16.5. The summed E-state index contributed by atoms with van der Waals surface area (Å²) in [5.41, 5.74) is 0.224. The van der Waals surface area contributed by atoms with Gasteiger partial charge in [0.15, 0.2) is 11.5 Å². The van der Waals surface area contributed by atoms with Crippen LogP contribution < -0.4 is 14.8 Å². The largest absolute Gasteiger partial charge is 0.493 e. The topological polar surface area (TPSA) is 105 Å².